The standard InChI is InChI=1S/C13H14N2O3/c1-18-10-7-3-6-9-11(10)14-13(17)15(12(9)16)8-4-2-5-8/h3,6-8H,2,4-5H2,1H3,(H,14,17). The Labute approximate surface area is 103 Å². The number of benzene rings is 1. The highest BCUT2D eigenvalue weighted by Gasteiger charge is 2.23. The zero-order chi connectivity index (χ0) is 12.7. The van der Waals surface area contributed by atoms with Gasteiger partial charge in [0.2, 0.25) is 0 Å². The van der Waals surface area contributed by atoms with E-state index in [4.69, 9.17) is 4.74 Å². The summed E-state index contributed by atoms with van der Waals surface area (Å²) in [5, 5.41) is 0.501. The molecule has 0 amide bonds. The lowest BCUT2D eigenvalue weighted by Crippen LogP contribution is -2.40. The number of aromatic amines is 1. The van der Waals surface area contributed by atoms with Gasteiger partial charge in [-0.2, -0.15) is 0 Å². The van der Waals surface area contributed by atoms with Crippen LogP contribution in [0.1, 0.15) is 25.3 Å². The van der Waals surface area contributed by atoms with E-state index in [2.05, 4.69) is 4.98 Å². The summed E-state index contributed by atoms with van der Waals surface area (Å²) >= 11 is 0. The molecule has 0 atom stereocenters. The van der Waals surface area contributed by atoms with Crippen LogP contribution in [0.15, 0.2) is 27.8 Å². The van der Waals surface area contributed by atoms with Gasteiger partial charge in [-0.1, -0.05) is 6.07 Å². The summed E-state index contributed by atoms with van der Waals surface area (Å²) < 4.78 is 6.50. The average Bonchev–Trinajstić information content (AvgIpc) is 2.31. The third kappa shape index (κ3) is 1.47. The maximum absolute atomic E-state index is 12.3. The molecule has 0 aliphatic heterocycles. The molecule has 0 spiro atoms. The molecule has 1 saturated carbocycles. The van der Waals surface area contributed by atoms with E-state index in [9.17, 15) is 9.59 Å². The van der Waals surface area contributed by atoms with Gasteiger partial charge < -0.3 is 9.72 Å². The highest BCUT2D eigenvalue weighted by atomic mass is 16.5. The van der Waals surface area contributed by atoms with Gasteiger partial charge in [-0.25, -0.2) is 4.79 Å². The minimum atomic E-state index is -0.346. The lowest BCUT2D eigenvalue weighted by Gasteiger charge is -2.26. The monoisotopic (exact) mass is 246 g/mol. The van der Waals surface area contributed by atoms with E-state index in [1.165, 1.54) is 11.7 Å². The van der Waals surface area contributed by atoms with Crippen molar-refractivity contribution in [3.63, 3.8) is 0 Å². The summed E-state index contributed by atoms with van der Waals surface area (Å²) in [5.74, 6) is 0.516. The van der Waals surface area contributed by atoms with Gasteiger partial charge in [-0.05, 0) is 31.4 Å². The van der Waals surface area contributed by atoms with Crippen molar-refractivity contribution >= 4 is 10.9 Å². The van der Waals surface area contributed by atoms with E-state index in [1.54, 1.807) is 18.2 Å². The smallest absolute Gasteiger partial charge is 0.329 e. The van der Waals surface area contributed by atoms with Crippen molar-refractivity contribution in [2.45, 2.75) is 25.3 Å². The average molecular weight is 246 g/mol. The van der Waals surface area contributed by atoms with E-state index in [1.807, 2.05) is 0 Å². The Bertz CT molecular complexity index is 710. The van der Waals surface area contributed by atoms with Gasteiger partial charge in [-0.15, -0.1) is 0 Å². The fourth-order valence-electron chi connectivity index (χ4n) is 2.37. The molecule has 0 saturated heterocycles. The van der Waals surface area contributed by atoms with Crippen LogP contribution in [0.5, 0.6) is 5.75 Å². The molecule has 1 aliphatic carbocycles. The molecule has 5 nitrogen and oxygen atoms in total. The zero-order valence-electron chi connectivity index (χ0n) is 10.1. The second-order valence-electron chi connectivity index (χ2n) is 4.57. The van der Waals surface area contributed by atoms with Crippen LogP contribution in [-0.2, 0) is 0 Å². The summed E-state index contributed by atoms with van der Waals surface area (Å²) in [7, 11) is 1.52. The number of fused-ring (bicyclic) bond motifs is 1. The van der Waals surface area contributed by atoms with E-state index in [-0.39, 0.29) is 17.3 Å². The first-order valence-corrected chi connectivity index (χ1v) is 6.04. The number of methoxy groups -OCH3 is 1. The van der Waals surface area contributed by atoms with Gasteiger partial charge >= 0.3 is 5.69 Å². The first-order chi connectivity index (χ1) is 8.72. The fourth-order valence-corrected chi connectivity index (χ4v) is 2.37. The van der Waals surface area contributed by atoms with Crippen molar-refractivity contribution in [2.75, 3.05) is 7.11 Å². The lowest BCUT2D eigenvalue weighted by molar-refractivity contribution is 0.298. The fraction of sp³-hybridized carbons (Fsp3) is 0.385. The maximum Gasteiger partial charge on any atom is 0.329 e. The van der Waals surface area contributed by atoms with Crippen molar-refractivity contribution < 1.29 is 4.74 Å². The van der Waals surface area contributed by atoms with Gasteiger partial charge in [0.15, 0.2) is 0 Å². The van der Waals surface area contributed by atoms with E-state index < -0.39 is 0 Å². The van der Waals surface area contributed by atoms with Crippen molar-refractivity contribution in [3.05, 3.63) is 39.0 Å². The molecular formula is C13H14N2O3. The molecule has 1 fully saturated rings. The number of nitrogens with one attached hydrogen (secondary N) is 1. The summed E-state index contributed by atoms with van der Waals surface area (Å²) in [4.78, 5) is 27.1. The van der Waals surface area contributed by atoms with Crippen LogP contribution in [0.4, 0.5) is 0 Å². The van der Waals surface area contributed by atoms with Crippen molar-refractivity contribution in [1.29, 1.82) is 0 Å². The Balaban J connectivity index is 2.35. The number of rotatable bonds is 2. The quantitative estimate of drug-likeness (QED) is 0.871. The molecule has 1 aromatic heterocycles. The molecule has 1 N–H and O–H groups in total. The molecule has 18 heavy (non-hydrogen) atoms. The van der Waals surface area contributed by atoms with Gasteiger partial charge in [0, 0.05) is 6.04 Å². The van der Waals surface area contributed by atoms with Crippen LogP contribution in [0.2, 0.25) is 0 Å². The molecule has 94 valence electrons. The molecule has 3 rings (SSSR count). The molecule has 0 unspecified atom stereocenters. The second kappa shape index (κ2) is 4.01. The summed E-state index contributed by atoms with van der Waals surface area (Å²) in [6, 6.07) is 5.25. The molecular weight excluding hydrogens is 232 g/mol. The van der Waals surface area contributed by atoms with Crippen LogP contribution < -0.4 is 16.0 Å². The van der Waals surface area contributed by atoms with Crippen LogP contribution in [-0.4, -0.2) is 16.7 Å². The highest BCUT2D eigenvalue weighted by molar-refractivity contribution is 5.83. The van der Waals surface area contributed by atoms with Crippen LogP contribution in [0.25, 0.3) is 10.9 Å². The minimum Gasteiger partial charge on any atom is -0.495 e. The number of H-pyrrole nitrogens is 1. The summed E-state index contributed by atoms with van der Waals surface area (Å²) in [5.41, 5.74) is -0.0929. The van der Waals surface area contributed by atoms with Gasteiger partial charge in [0.1, 0.15) is 5.75 Å². The SMILES string of the molecule is COc1cccc2c(=O)n(C3CCC3)c(=O)[nH]c12. The molecule has 0 radical (unpaired) electrons. The van der Waals surface area contributed by atoms with E-state index >= 15 is 0 Å². The third-order valence-electron chi connectivity index (χ3n) is 3.59. The molecule has 1 heterocycles. The number of hydrogen-bond donors (Lipinski definition) is 1. The number of aromatic nitrogens is 2. The Hall–Kier alpha value is -2.04. The first-order valence-electron chi connectivity index (χ1n) is 6.04. The number of nitrogens with zero attached hydrogens (tertiary/aromatic N) is 1. The Kier molecular flexibility index (Phi) is 2.47. The third-order valence-corrected chi connectivity index (χ3v) is 3.59. The Morgan fingerprint density at radius 3 is 2.72 bits per heavy atom. The van der Waals surface area contributed by atoms with Crippen molar-refractivity contribution in [3.8, 4) is 5.75 Å². The maximum atomic E-state index is 12.3. The summed E-state index contributed by atoms with van der Waals surface area (Å²) in [6.45, 7) is 0. The predicted octanol–water partition coefficient (Wildman–Crippen LogP) is 1.42. The van der Waals surface area contributed by atoms with Crippen molar-refractivity contribution in [2.24, 2.45) is 0 Å². The number of para-hydroxylation sites is 1. The number of ether oxygens (including phenoxy) is 1. The molecule has 2 aromatic rings. The van der Waals surface area contributed by atoms with Crippen LogP contribution in [0.3, 0.4) is 0 Å². The molecule has 1 aromatic carbocycles. The van der Waals surface area contributed by atoms with Crippen LogP contribution in [0, 0.1) is 0 Å². The van der Waals surface area contributed by atoms with E-state index in [0.717, 1.165) is 19.3 Å². The Morgan fingerprint density at radius 2 is 2.11 bits per heavy atom. The topological polar surface area (TPSA) is 64.1 Å². The van der Waals surface area contributed by atoms with Crippen LogP contribution >= 0.6 is 0 Å². The Morgan fingerprint density at radius 1 is 1.33 bits per heavy atom. The number of hydrogen-bond acceptors (Lipinski definition) is 3. The van der Waals surface area contributed by atoms with Gasteiger partial charge in [0.05, 0.1) is 18.0 Å². The lowest BCUT2D eigenvalue weighted by atomic mass is 9.93. The minimum absolute atomic E-state index is 0.0526. The zero-order valence-corrected chi connectivity index (χ0v) is 10.1. The van der Waals surface area contributed by atoms with Gasteiger partial charge in [0.25, 0.3) is 5.56 Å². The molecule has 5 heteroatoms. The molecule has 1 aliphatic rings. The summed E-state index contributed by atoms with van der Waals surface area (Å²) in [6.07, 6.45) is 2.88. The van der Waals surface area contributed by atoms with E-state index in [0.29, 0.717) is 16.7 Å². The largest absolute Gasteiger partial charge is 0.495 e. The predicted molar refractivity (Wildman–Crippen MR) is 68.3 cm³/mol. The van der Waals surface area contributed by atoms with Crippen molar-refractivity contribution in [1.82, 2.24) is 9.55 Å². The first kappa shape index (κ1) is 11.1. The molecule has 0 bridgehead atoms. The highest BCUT2D eigenvalue weighted by Crippen LogP contribution is 2.29. The normalized spacial score (nSPS) is 15.6. The van der Waals surface area contributed by atoms with Gasteiger partial charge in [-0.3, -0.25) is 9.36 Å². The second-order valence-corrected chi connectivity index (χ2v) is 4.57.